The lowest BCUT2D eigenvalue weighted by Crippen LogP contribution is -2.34. The number of fused-ring (bicyclic) bond motifs is 1. The predicted octanol–water partition coefficient (Wildman–Crippen LogP) is 3.08. The van der Waals surface area contributed by atoms with Crippen LogP contribution in [0, 0.1) is 0 Å². The maximum atomic E-state index is 11.9. The number of methoxy groups -OCH3 is 1. The highest BCUT2D eigenvalue weighted by atomic mass is 32.1. The van der Waals surface area contributed by atoms with Crippen molar-refractivity contribution >= 4 is 33.6 Å². The van der Waals surface area contributed by atoms with E-state index in [4.69, 9.17) is 0 Å². The van der Waals surface area contributed by atoms with Crippen LogP contribution in [0.4, 0.5) is 4.79 Å². The molecular formula is C18H17N3O3S. The van der Waals surface area contributed by atoms with Gasteiger partial charge in [0, 0.05) is 6.54 Å². The van der Waals surface area contributed by atoms with Crippen LogP contribution in [-0.2, 0) is 17.8 Å². The first kappa shape index (κ1) is 16.9. The van der Waals surface area contributed by atoms with Crippen LogP contribution in [0.25, 0.3) is 10.2 Å². The maximum absolute atomic E-state index is 11.9. The lowest BCUT2D eigenvalue weighted by molar-refractivity contribution is 0.0600. The van der Waals surface area contributed by atoms with Crippen molar-refractivity contribution in [3.8, 4) is 0 Å². The van der Waals surface area contributed by atoms with Gasteiger partial charge in [-0.15, -0.1) is 11.3 Å². The number of nitrogens with zero attached hydrogens (tertiary/aromatic N) is 1. The first-order valence-corrected chi connectivity index (χ1v) is 8.51. The van der Waals surface area contributed by atoms with Crippen LogP contribution >= 0.6 is 11.3 Å². The first-order valence-electron chi connectivity index (χ1n) is 7.69. The number of hydrogen-bond donors (Lipinski definition) is 2. The minimum absolute atomic E-state index is 0.267. The number of ether oxygens (including phenoxy) is 1. The van der Waals surface area contributed by atoms with Gasteiger partial charge in [-0.3, -0.25) is 0 Å². The van der Waals surface area contributed by atoms with Crippen LogP contribution in [0.2, 0.25) is 0 Å². The fraction of sp³-hybridized carbons (Fsp3) is 0.167. The normalized spacial score (nSPS) is 10.4. The number of rotatable bonds is 5. The van der Waals surface area contributed by atoms with Gasteiger partial charge in [0.1, 0.15) is 5.01 Å². The topological polar surface area (TPSA) is 80.3 Å². The molecule has 3 aromatic rings. The maximum Gasteiger partial charge on any atom is 0.337 e. The molecule has 0 aliphatic rings. The summed E-state index contributed by atoms with van der Waals surface area (Å²) in [4.78, 5) is 27.7. The van der Waals surface area contributed by atoms with Gasteiger partial charge in [-0.2, -0.15) is 0 Å². The third-order valence-electron chi connectivity index (χ3n) is 3.57. The zero-order valence-electron chi connectivity index (χ0n) is 13.6. The quantitative estimate of drug-likeness (QED) is 0.689. The molecule has 2 aromatic carbocycles. The molecule has 7 heteroatoms. The lowest BCUT2D eigenvalue weighted by atomic mass is 10.1. The molecule has 0 saturated heterocycles. The molecular weight excluding hydrogens is 338 g/mol. The van der Waals surface area contributed by atoms with Gasteiger partial charge in [-0.1, -0.05) is 24.3 Å². The van der Waals surface area contributed by atoms with Crippen molar-refractivity contribution in [2.75, 3.05) is 7.11 Å². The Morgan fingerprint density at radius 3 is 2.48 bits per heavy atom. The molecule has 0 atom stereocenters. The smallest absolute Gasteiger partial charge is 0.337 e. The van der Waals surface area contributed by atoms with E-state index >= 15 is 0 Å². The monoisotopic (exact) mass is 355 g/mol. The van der Waals surface area contributed by atoms with E-state index in [0.717, 1.165) is 20.8 Å². The molecule has 128 valence electrons. The Morgan fingerprint density at radius 2 is 1.76 bits per heavy atom. The molecule has 0 unspecified atom stereocenters. The number of carbonyl (C=O) groups excluding carboxylic acids is 2. The highest BCUT2D eigenvalue weighted by Crippen LogP contribution is 2.21. The second-order valence-corrected chi connectivity index (χ2v) is 6.42. The van der Waals surface area contributed by atoms with Crippen LogP contribution in [0.15, 0.2) is 48.5 Å². The molecule has 0 spiro atoms. The number of para-hydroxylation sites is 1. The van der Waals surface area contributed by atoms with Gasteiger partial charge in [0.25, 0.3) is 0 Å². The number of nitrogens with one attached hydrogen (secondary N) is 2. The van der Waals surface area contributed by atoms with Crippen molar-refractivity contribution < 1.29 is 14.3 Å². The van der Waals surface area contributed by atoms with Crippen molar-refractivity contribution in [3.05, 3.63) is 64.7 Å². The van der Waals surface area contributed by atoms with E-state index in [0.29, 0.717) is 18.7 Å². The Balaban J connectivity index is 1.48. The average molecular weight is 355 g/mol. The van der Waals surface area contributed by atoms with E-state index in [-0.39, 0.29) is 12.0 Å². The van der Waals surface area contributed by atoms with Gasteiger partial charge in [0.05, 0.1) is 29.4 Å². The summed E-state index contributed by atoms with van der Waals surface area (Å²) in [6.45, 7) is 0.750. The highest BCUT2D eigenvalue weighted by molar-refractivity contribution is 7.18. The number of benzene rings is 2. The second kappa shape index (κ2) is 7.76. The molecule has 2 N–H and O–H groups in total. The Hall–Kier alpha value is -2.93. The van der Waals surface area contributed by atoms with Gasteiger partial charge in [-0.05, 0) is 29.8 Å². The van der Waals surface area contributed by atoms with Crippen LogP contribution in [0.1, 0.15) is 20.9 Å². The molecule has 0 aliphatic heterocycles. The number of amides is 2. The molecule has 0 bridgehead atoms. The fourth-order valence-corrected chi connectivity index (χ4v) is 3.18. The number of thiazole rings is 1. The Labute approximate surface area is 148 Å². The zero-order chi connectivity index (χ0) is 17.6. The molecule has 0 radical (unpaired) electrons. The first-order chi connectivity index (χ1) is 12.2. The van der Waals surface area contributed by atoms with Crippen molar-refractivity contribution in [2.24, 2.45) is 0 Å². The van der Waals surface area contributed by atoms with Gasteiger partial charge in [-0.25, -0.2) is 14.6 Å². The molecule has 1 aromatic heterocycles. The number of aromatic nitrogens is 1. The number of urea groups is 1. The van der Waals surface area contributed by atoms with E-state index in [1.807, 2.05) is 24.3 Å². The summed E-state index contributed by atoms with van der Waals surface area (Å²) in [7, 11) is 1.34. The Kier molecular flexibility index (Phi) is 5.25. The molecule has 3 rings (SSSR count). The number of hydrogen-bond acceptors (Lipinski definition) is 5. The van der Waals surface area contributed by atoms with E-state index < -0.39 is 0 Å². The van der Waals surface area contributed by atoms with E-state index in [1.54, 1.807) is 35.6 Å². The standard InChI is InChI=1S/C18H17N3O3S/c1-24-17(22)13-8-6-12(7-9-13)10-19-18(23)20-11-16-21-14-4-2-3-5-15(14)25-16/h2-9H,10-11H2,1H3,(H2,19,20,23). The van der Waals surface area contributed by atoms with E-state index in [1.165, 1.54) is 7.11 Å². The van der Waals surface area contributed by atoms with E-state index in [9.17, 15) is 9.59 Å². The zero-order valence-corrected chi connectivity index (χ0v) is 14.4. The highest BCUT2D eigenvalue weighted by Gasteiger charge is 2.07. The SMILES string of the molecule is COC(=O)c1ccc(CNC(=O)NCc2nc3ccccc3s2)cc1. The van der Waals surface area contributed by atoms with Crippen molar-refractivity contribution in [1.29, 1.82) is 0 Å². The minimum Gasteiger partial charge on any atom is -0.465 e. The van der Waals surface area contributed by atoms with Gasteiger partial charge in [0.15, 0.2) is 0 Å². The molecule has 2 amide bonds. The molecule has 0 aliphatic carbocycles. The van der Waals surface area contributed by atoms with Crippen molar-refractivity contribution in [1.82, 2.24) is 15.6 Å². The van der Waals surface area contributed by atoms with Crippen LogP contribution < -0.4 is 10.6 Å². The molecule has 0 fully saturated rings. The third-order valence-corrected chi connectivity index (χ3v) is 4.60. The van der Waals surface area contributed by atoms with Crippen molar-refractivity contribution in [2.45, 2.75) is 13.1 Å². The summed E-state index contributed by atoms with van der Waals surface area (Å²) in [5, 5.41) is 6.43. The predicted molar refractivity (Wildman–Crippen MR) is 96.5 cm³/mol. The van der Waals surface area contributed by atoms with Crippen LogP contribution in [0.3, 0.4) is 0 Å². The van der Waals surface area contributed by atoms with Gasteiger partial charge < -0.3 is 15.4 Å². The summed E-state index contributed by atoms with van der Waals surface area (Å²) in [6, 6.07) is 14.5. The second-order valence-electron chi connectivity index (χ2n) is 5.30. The third kappa shape index (κ3) is 4.33. The molecule has 0 saturated carbocycles. The summed E-state index contributed by atoms with van der Waals surface area (Å²) in [5.74, 6) is -0.381. The summed E-state index contributed by atoms with van der Waals surface area (Å²) in [5.41, 5.74) is 2.31. The minimum atomic E-state index is -0.381. The Morgan fingerprint density at radius 1 is 1.04 bits per heavy atom. The van der Waals surface area contributed by atoms with Crippen molar-refractivity contribution in [3.63, 3.8) is 0 Å². The molecule has 1 heterocycles. The summed E-state index contributed by atoms with van der Waals surface area (Å²) >= 11 is 1.56. The summed E-state index contributed by atoms with van der Waals surface area (Å²) in [6.07, 6.45) is 0. The van der Waals surface area contributed by atoms with E-state index in [2.05, 4.69) is 20.4 Å². The van der Waals surface area contributed by atoms with Gasteiger partial charge >= 0.3 is 12.0 Å². The number of esters is 1. The van der Waals surface area contributed by atoms with Crippen LogP contribution in [-0.4, -0.2) is 24.1 Å². The molecule has 6 nitrogen and oxygen atoms in total. The fourth-order valence-electron chi connectivity index (χ4n) is 2.27. The number of carbonyl (C=O) groups is 2. The Bertz CT molecular complexity index is 857. The lowest BCUT2D eigenvalue weighted by Gasteiger charge is -2.07. The molecule has 25 heavy (non-hydrogen) atoms. The average Bonchev–Trinajstić information content (AvgIpc) is 3.07. The summed E-state index contributed by atoms with van der Waals surface area (Å²) < 4.78 is 5.75. The van der Waals surface area contributed by atoms with Crippen LogP contribution in [0.5, 0.6) is 0 Å². The largest absolute Gasteiger partial charge is 0.465 e. The van der Waals surface area contributed by atoms with Gasteiger partial charge in [0.2, 0.25) is 0 Å².